The van der Waals surface area contributed by atoms with Crippen molar-refractivity contribution in [3.05, 3.63) is 58.6 Å². The fourth-order valence-electron chi connectivity index (χ4n) is 2.61. The van der Waals surface area contributed by atoms with Crippen molar-refractivity contribution in [2.75, 3.05) is 0 Å². The van der Waals surface area contributed by atoms with Gasteiger partial charge in [-0.3, -0.25) is 4.79 Å². The highest BCUT2D eigenvalue weighted by Gasteiger charge is 2.18. The molecule has 0 aliphatic carbocycles. The van der Waals surface area contributed by atoms with Crippen molar-refractivity contribution < 1.29 is 19.8 Å². The molecule has 1 heterocycles. The zero-order valence-corrected chi connectivity index (χ0v) is 12.6. The molecule has 3 rings (SSSR count). The molecule has 3 N–H and O–H groups in total. The molecule has 0 fully saturated rings. The Morgan fingerprint density at radius 2 is 1.83 bits per heavy atom. The Hall–Kier alpha value is -2.79. The van der Waals surface area contributed by atoms with Crippen LogP contribution in [0.2, 0.25) is 5.02 Å². The van der Waals surface area contributed by atoms with Crippen LogP contribution >= 0.6 is 11.6 Å². The first-order valence-electron chi connectivity index (χ1n) is 6.82. The van der Waals surface area contributed by atoms with E-state index in [2.05, 4.69) is 4.98 Å². The number of aromatic carboxylic acids is 1. The molecule has 0 saturated carbocycles. The smallest absolute Gasteiger partial charge is 0.335 e. The first-order valence-corrected chi connectivity index (χ1v) is 7.19. The standard InChI is InChI=1S/C17H12ClNO4/c18-13-4-2-1-3-10(13)16-12(8-15(20)21)11-7-9(17(22)23)5-6-14(11)19-16/h1-7,19H,8H2,(H,20,21)(H,22,23). The van der Waals surface area contributed by atoms with Gasteiger partial charge in [-0.2, -0.15) is 0 Å². The summed E-state index contributed by atoms with van der Waals surface area (Å²) in [5, 5.41) is 19.4. The first kappa shape index (κ1) is 15.1. The molecular formula is C17H12ClNO4. The highest BCUT2D eigenvalue weighted by Crippen LogP contribution is 2.35. The summed E-state index contributed by atoms with van der Waals surface area (Å²) in [4.78, 5) is 25.5. The summed E-state index contributed by atoms with van der Waals surface area (Å²) >= 11 is 6.22. The Morgan fingerprint density at radius 1 is 1.09 bits per heavy atom. The number of carboxylic acid groups (broad SMARTS) is 2. The van der Waals surface area contributed by atoms with Gasteiger partial charge in [0.25, 0.3) is 0 Å². The molecule has 0 unspecified atom stereocenters. The third-order valence-electron chi connectivity index (χ3n) is 3.62. The van der Waals surface area contributed by atoms with Crippen LogP contribution in [0.15, 0.2) is 42.5 Å². The number of fused-ring (bicyclic) bond motifs is 1. The number of halogens is 1. The van der Waals surface area contributed by atoms with Crippen molar-refractivity contribution in [1.29, 1.82) is 0 Å². The summed E-state index contributed by atoms with van der Waals surface area (Å²) in [6.07, 6.45) is -0.233. The Labute approximate surface area is 136 Å². The van der Waals surface area contributed by atoms with Gasteiger partial charge in [-0.1, -0.05) is 29.8 Å². The molecular weight excluding hydrogens is 318 g/mol. The average molecular weight is 330 g/mol. The van der Waals surface area contributed by atoms with Gasteiger partial charge in [-0.05, 0) is 29.8 Å². The molecule has 0 radical (unpaired) electrons. The average Bonchev–Trinajstić information content (AvgIpc) is 2.85. The fourth-order valence-corrected chi connectivity index (χ4v) is 2.84. The Morgan fingerprint density at radius 3 is 2.48 bits per heavy atom. The van der Waals surface area contributed by atoms with Crippen LogP contribution in [0.5, 0.6) is 0 Å². The zero-order chi connectivity index (χ0) is 16.6. The monoisotopic (exact) mass is 329 g/mol. The van der Waals surface area contributed by atoms with Crippen molar-refractivity contribution in [3.8, 4) is 11.3 Å². The number of H-pyrrole nitrogens is 1. The van der Waals surface area contributed by atoms with E-state index in [1.807, 2.05) is 0 Å². The van der Waals surface area contributed by atoms with Crippen LogP contribution in [0.3, 0.4) is 0 Å². The van der Waals surface area contributed by atoms with E-state index in [0.29, 0.717) is 32.7 Å². The number of benzene rings is 2. The molecule has 5 nitrogen and oxygen atoms in total. The number of carbonyl (C=O) groups is 2. The maximum Gasteiger partial charge on any atom is 0.335 e. The summed E-state index contributed by atoms with van der Waals surface area (Å²) in [5.41, 5.74) is 2.56. The minimum Gasteiger partial charge on any atom is -0.481 e. The number of hydrogen-bond donors (Lipinski definition) is 3. The number of hydrogen-bond acceptors (Lipinski definition) is 2. The van der Waals surface area contributed by atoms with Crippen molar-refractivity contribution in [2.24, 2.45) is 0 Å². The minimum atomic E-state index is -1.06. The largest absolute Gasteiger partial charge is 0.481 e. The summed E-state index contributed by atoms with van der Waals surface area (Å²) in [5.74, 6) is -2.06. The van der Waals surface area contributed by atoms with Crippen LogP contribution in [-0.4, -0.2) is 27.1 Å². The van der Waals surface area contributed by atoms with Crippen LogP contribution < -0.4 is 0 Å². The molecule has 6 heteroatoms. The lowest BCUT2D eigenvalue weighted by molar-refractivity contribution is -0.136. The molecule has 0 aliphatic rings. The summed E-state index contributed by atoms with van der Waals surface area (Å²) in [6, 6.07) is 11.7. The quantitative estimate of drug-likeness (QED) is 0.678. The van der Waals surface area contributed by atoms with Gasteiger partial charge in [-0.25, -0.2) is 4.79 Å². The third-order valence-corrected chi connectivity index (χ3v) is 3.95. The van der Waals surface area contributed by atoms with Gasteiger partial charge in [0.1, 0.15) is 0 Å². The molecule has 0 bridgehead atoms. The SMILES string of the molecule is O=C(O)Cc1c(-c2ccccc2Cl)[nH]c2ccc(C(=O)O)cc12. The highest BCUT2D eigenvalue weighted by atomic mass is 35.5. The van der Waals surface area contributed by atoms with Gasteiger partial charge >= 0.3 is 11.9 Å². The Balaban J connectivity index is 2.31. The van der Waals surface area contributed by atoms with E-state index >= 15 is 0 Å². The molecule has 0 saturated heterocycles. The van der Waals surface area contributed by atoms with Crippen molar-refractivity contribution >= 4 is 34.4 Å². The number of aromatic nitrogens is 1. The Bertz CT molecular complexity index is 929. The normalized spacial score (nSPS) is 10.8. The van der Waals surface area contributed by atoms with Crippen molar-refractivity contribution in [3.63, 3.8) is 0 Å². The summed E-state index contributed by atoms with van der Waals surface area (Å²) in [7, 11) is 0. The zero-order valence-electron chi connectivity index (χ0n) is 11.8. The van der Waals surface area contributed by atoms with Gasteiger partial charge in [0.15, 0.2) is 0 Å². The second-order valence-corrected chi connectivity index (χ2v) is 5.50. The topological polar surface area (TPSA) is 90.4 Å². The third kappa shape index (κ3) is 2.78. The number of nitrogens with one attached hydrogen (secondary N) is 1. The van der Waals surface area contributed by atoms with Crippen LogP contribution in [0.25, 0.3) is 22.2 Å². The number of aromatic amines is 1. The van der Waals surface area contributed by atoms with Crippen LogP contribution in [0.4, 0.5) is 0 Å². The first-order chi connectivity index (χ1) is 11.0. The molecule has 1 aromatic heterocycles. The van der Waals surface area contributed by atoms with Gasteiger partial charge in [-0.15, -0.1) is 0 Å². The molecule has 0 spiro atoms. The Kier molecular flexibility index (Phi) is 3.80. The number of rotatable bonds is 4. The summed E-state index contributed by atoms with van der Waals surface area (Å²) < 4.78 is 0. The molecule has 0 atom stereocenters. The van der Waals surface area contributed by atoms with E-state index in [1.165, 1.54) is 12.1 Å². The van der Waals surface area contributed by atoms with Crippen LogP contribution in [0, 0.1) is 0 Å². The van der Waals surface area contributed by atoms with E-state index in [-0.39, 0.29) is 12.0 Å². The van der Waals surface area contributed by atoms with Crippen LogP contribution in [0.1, 0.15) is 15.9 Å². The maximum absolute atomic E-state index is 11.2. The lowest BCUT2D eigenvalue weighted by Gasteiger charge is -2.05. The van der Waals surface area contributed by atoms with Gasteiger partial charge in [0.05, 0.1) is 17.7 Å². The van der Waals surface area contributed by atoms with E-state index in [1.54, 1.807) is 30.3 Å². The maximum atomic E-state index is 11.2. The molecule has 0 amide bonds. The number of aliphatic carboxylic acids is 1. The van der Waals surface area contributed by atoms with E-state index in [0.717, 1.165) is 0 Å². The van der Waals surface area contributed by atoms with Crippen LogP contribution in [-0.2, 0) is 11.2 Å². The van der Waals surface area contributed by atoms with Gasteiger partial charge in [0, 0.05) is 21.5 Å². The number of carboxylic acids is 2. The lowest BCUT2D eigenvalue weighted by Crippen LogP contribution is -2.01. The molecule has 0 aliphatic heterocycles. The predicted octanol–water partition coefficient (Wildman–Crippen LogP) is 3.81. The van der Waals surface area contributed by atoms with E-state index in [9.17, 15) is 14.7 Å². The van der Waals surface area contributed by atoms with Gasteiger partial charge < -0.3 is 15.2 Å². The van der Waals surface area contributed by atoms with E-state index < -0.39 is 11.9 Å². The van der Waals surface area contributed by atoms with Crippen molar-refractivity contribution in [1.82, 2.24) is 4.98 Å². The molecule has 23 heavy (non-hydrogen) atoms. The fraction of sp³-hybridized carbons (Fsp3) is 0.0588. The molecule has 116 valence electrons. The van der Waals surface area contributed by atoms with Gasteiger partial charge in [0.2, 0.25) is 0 Å². The second-order valence-electron chi connectivity index (χ2n) is 5.09. The van der Waals surface area contributed by atoms with E-state index in [4.69, 9.17) is 16.7 Å². The molecule has 3 aromatic rings. The lowest BCUT2D eigenvalue weighted by atomic mass is 10.0. The highest BCUT2D eigenvalue weighted by molar-refractivity contribution is 6.33. The molecule has 2 aromatic carbocycles. The second kappa shape index (κ2) is 5.78. The summed E-state index contributed by atoms with van der Waals surface area (Å²) in [6.45, 7) is 0. The minimum absolute atomic E-state index is 0.105. The predicted molar refractivity (Wildman–Crippen MR) is 87.0 cm³/mol. The van der Waals surface area contributed by atoms with Crippen molar-refractivity contribution in [2.45, 2.75) is 6.42 Å².